The fourth-order valence-corrected chi connectivity index (χ4v) is 1.67. The monoisotopic (exact) mass is 249 g/mol. The lowest BCUT2D eigenvalue weighted by Crippen LogP contribution is -2.32. The van der Waals surface area contributed by atoms with Gasteiger partial charge >= 0.3 is 5.97 Å². The van der Waals surface area contributed by atoms with E-state index in [1.807, 2.05) is 33.8 Å². The van der Waals surface area contributed by atoms with Crippen LogP contribution in [0.1, 0.15) is 44.9 Å². The molecule has 0 saturated heterocycles. The largest absolute Gasteiger partial charge is 0.459 e. The average Bonchev–Trinajstić information content (AvgIpc) is 2.23. The molecular formula is C15H23NO2. The molecule has 0 fully saturated rings. The normalized spacial score (nSPS) is 13.2. The summed E-state index contributed by atoms with van der Waals surface area (Å²) in [5, 5.41) is 3.17. The Morgan fingerprint density at radius 2 is 2.06 bits per heavy atom. The van der Waals surface area contributed by atoms with Crippen molar-refractivity contribution in [3.63, 3.8) is 0 Å². The number of ether oxygens (including phenoxy) is 1. The van der Waals surface area contributed by atoms with Crippen LogP contribution in [0.15, 0.2) is 24.3 Å². The predicted molar refractivity (Wildman–Crippen MR) is 73.4 cm³/mol. The SMILES string of the molecule is Cc1cccc([C@@H](C)NCC(=O)OC(C)(C)C)c1. The second-order valence-corrected chi connectivity index (χ2v) is 5.60. The minimum atomic E-state index is -0.425. The highest BCUT2D eigenvalue weighted by molar-refractivity contribution is 5.72. The van der Waals surface area contributed by atoms with Crippen molar-refractivity contribution in [3.8, 4) is 0 Å². The van der Waals surface area contributed by atoms with E-state index in [-0.39, 0.29) is 18.6 Å². The third-order valence-corrected chi connectivity index (χ3v) is 2.51. The van der Waals surface area contributed by atoms with Gasteiger partial charge in [0.1, 0.15) is 5.60 Å². The maximum atomic E-state index is 11.6. The molecule has 3 heteroatoms. The molecule has 1 rings (SSSR count). The van der Waals surface area contributed by atoms with Crippen molar-refractivity contribution in [2.24, 2.45) is 0 Å². The first kappa shape index (κ1) is 14.7. The van der Waals surface area contributed by atoms with Gasteiger partial charge in [-0.15, -0.1) is 0 Å². The van der Waals surface area contributed by atoms with Crippen LogP contribution < -0.4 is 5.32 Å². The number of carbonyl (C=O) groups excluding carboxylic acids is 1. The number of aryl methyl sites for hydroxylation is 1. The molecule has 1 aromatic rings. The summed E-state index contributed by atoms with van der Waals surface area (Å²) in [7, 11) is 0. The molecule has 0 aliphatic rings. The van der Waals surface area contributed by atoms with Gasteiger partial charge in [0.05, 0.1) is 6.54 Å². The van der Waals surface area contributed by atoms with E-state index in [0.717, 1.165) is 0 Å². The van der Waals surface area contributed by atoms with Gasteiger partial charge in [0.15, 0.2) is 0 Å². The fraction of sp³-hybridized carbons (Fsp3) is 0.533. The average molecular weight is 249 g/mol. The maximum Gasteiger partial charge on any atom is 0.320 e. The molecule has 100 valence electrons. The lowest BCUT2D eigenvalue weighted by molar-refractivity contribution is -0.153. The molecule has 0 spiro atoms. The number of hydrogen-bond acceptors (Lipinski definition) is 3. The molecule has 0 aromatic heterocycles. The first-order valence-corrected chi connectivity index (χ1v) is 6.30. The molecule has 3 nitrogen and oxygen atoms in total. The van der Waals surface area contributed by atoms with Crippen molar-refractivity contribution < 1.29 is 9.53 Å². The van der Waals surface area contributed by atoms with Crippen LogP contribution in [0.2, 0.25) is 0 Å². The van der Waals surface area contributed by atoms with E-state index in [1.165, 1.54) is 11.1 Å². The van der Waals surface area contributed by atoms with Crippen LogP contribution in [-0.4, -0.2) is 18.1 Å². The van der Waals surface area contributed by atoms with Gasteiger partial charge in [0, 0.05) is 6.04 Å². The summed E-state index contributed by atoms with van der Waals surface area (Å²) in [5.41, 5.74) is 1.97. The zero-order valence-corrected chi connectivity index (χ0v) is 11.9. The van der Waals surface area contributed by atoms with Gasteiger partial charge in [-0.2, -0.15) is 0 Å². The lowest BCUT2D eigenvalue weighted by Gasteiger charge is -2.21. The van der Waals surface area contributed by atoms with Gasteiger partial charge in [-0.1, -0.05) is 29.8 Å². The Labute approximate surface area is 110 Å². The predicted octanol–water partition coefficient (Wildman–Crippen LogP) is 2.99. The van der Waals surface area contributed by atoms with Crippen LogP contribution in [0.25, 0.3) is 0 Å². The molecule has 0 aliphatic carbocycles. The van der Waals surface area contributed by atoms with E-state index in [2.05, 4.69) is 30.4 Å². The van der Waals surface area contributed by atoms with Gasteiger partial charge in [-0.05, 0) is 40.2 Å². The summed E-state index contributed by atoms with van der Waals surface area (Å²) in [6, 6.07) is 8.39. The summed E-state index contributed by atoms with van der Waals surface area (Å²) >= 11 is 0. The van der Waals surface area contributed by atoms with Crippen molar-refractivity contribution >= 4 is 5.97 Å². The van der Waals surface area contributed by atoms with E-state index in [0.29, 0.717) is 0 Å². The fourth-order valence-electron chi connectivity index (χ4n) is 1.67. The number of hydrogen-bond donors (Lipinski definition) is 1. The Balaban J connectivity index is 2.46. The van der Waals surface area contributed by atoms with Crippen molar-refractivity contribution in [1.82, 2.24) is 5.32 Å². The van der Waals surface area contributed by atoms with Gasteiger partial charge in [0.25, 0.3) is 0 Å². The van der Waals surface area contributed by atoms with Crippen LogP contribution in [0, 0.1) is 6.92 Å². The van der Waals surface area contributed by atoms with Gasteiger partial charge < -0.3 is 10.1 Å². The maximum absolute atomic E-state index is 11.6. The molecular weight excluding hydrogens is 226 g/mol. The molecule has 1 N–H and O–H groups in total. The lowest BCUT2D eigenvalue weighted by atomic mass is 10.1. The molecule has 1 atom stereocenters. The van der Waals surface area contributed by atoms with Gasteiger partial charge in [-0.3, -0.25) is 4.79 Å². The Kier molecular flexibility index (Phi) is 4.91. The molecule has 0 heterocycles. The molecule has 1 aromatic carbocycles. The topological polar surface area (TPSA) is 38.3 Å². The molecule has 0 radical (unpaired) electrons. The summed E-state index contributed by atoms with van der Waals surface area (Å²) in [6.07, 6.45) is 0. The number of nitrogens with one attached hydrogen (secondary N) is 1. The van der Waals surface area contributed by atoms with Crippen molar-refractivity contribution in [2.75, 3.05) is 6.54 Å². The van der Waals surface area contributed by atoms with E-state index in [1.54, 1.807) is 0 Å². The highest BCUT2D eigenvalue weighted by Gasteiger charge is 2.16. The Morgan fingerprint density at radius 3 is 2.61 bits per heavy atom. The summed E-state index contributed by atoms with van der Waals surface area (Å²) in [6.45, 7) is 9.94. The van der Waals surface area contributed by atoms with E-state index in [4.69, 9.17) is 4.74 Å². The molecule has 0 unspecified atom stereocenters. The minimum Gasteiger partial charge on any atom is -0.459 e. The van der Waals surface area contributed by atoms with Crippen LogP contribution in [0.4, 0.5) is 0 Å². The van der Waals surface area contributed by atoms with Gasteiger partial charge in [-0.25, -0.2) is 0 Å². The van der Waals surface area contributed by atoms with Crippen LogP contribution in [0.5, 0.6) is 0 Å². The third-order valence-electron chi connectivity index (χ3n) is 2.51. The standard InChI is InChI=1S/C15H23NO2/c1-11-7-6-8-13(9-11)12(2)16-10-14(17)18-15(3,4)5/h6-9,12,16H,10H2,1-5H3/t12-/m1/s1. The third kappa shape index (κ3) is 5.32. The minimum absolute atomic E-state index is 0.136. The Hall–Kier alpha value is -1.35. The molecule has 0 amide bonds. The van der Waals surface area contributed by atoms with Crippen molar-refractivity contribution in [3.05, 3.63) is 35.4 Å². The summed E-state index contributed by atoms with van der Waals surface area (Å²) in [4.78, 5) is 11.6. The number of esters is 1. The van der Waals surface area contributed by atoms with E-state index < -0.39 is 5.60 Å². The van der Waals surface area contributed by atoms with Crippen LogP contribution in [-0.2, 0) is 9.53 Å². The van der Waals surface area contributed by atoms with Crippen LogP contribution >= 0.6 is 0 Å². The molecule has 0 saturated carbocycles. The van der Waals surface area contributed by atoms with E-state index in [9.17, 15) is 4.79 Å². The van der Waals surface area contributed by atoms with Gasteiger partial charge in [0.2, 0.25) is 0 Å². The quantitative estimate of drug-likeness (QED) is 0.834. The first-order valence-electron chi connectivity index (χ1n) is 6.30. The zero-order chi connectivity index (χ0) is 13.8. The highest BCUT2D eigenvalue weighted by atomic mass is 16.6. The number of benzene rings is 1. The smallest absolute Gasteiger partial charge is 0.320 e. The van der Waals surface area contributed by atoms with E-state index >= 15 is 0 Å². The zero-order valence-electron chi connectivity index (χ0n) is 11.9. The summed E-state index contributed by atoms with van der Waals surface area (Å²) in [5.74, 6) is -0.220. The summed E-state index contributed by atoms with van der Waals surface area (Å²) < 4.78 is 5.25. The molecule has 18 heavy (non-hydrogen) atoms. The Morgan fingerprint density at radius 1 is 1.39 bits per heavy atom. The first-order chi connectivity index (χ1) is 8.28. The van der Waals surface area contributed by atoms with Crippen molar-refractivity contribution in [2.45, 2.75) is 46.3 Å². The Bertz CT molecular complexity index is 407. The number of carbonyl (C=O) groups is 1. The number of rotatable bonds is 4. The second kappa shape index (κ2) is 6.01. The van der Waals surface area contributed by atoms with Crippen molar-refractivity contribution in [1.29, 1.82) is 0 Å². The highest BCUT2D eigenvalue weighted by Crippen LogP contribution is 2.13. The molecule has 0 aliphatic heterocycles. The second-order valence-electron chi connectivity index (χ2n) is 5.60. The van der Waals surface area contributed by atoms with Crippen LogP contribution in [0.3, 0.4) is 0 Å². The molecule has 0 bridgehead atoms.